The third-order valence-electron chi connectivity index (χ3n) is 4.22. The fraction of sp³-hybridized carbons (Fsp3) is 0.150. The molecule has 4 rings (SSSR count). The van der Waals surface area contributed by atoms with Crippen molar-refractivity contribution in [3.05, 3.63) is 70.8 Å². The molecule has 6 nitrogen and oxygen atoms in total. The molecule has 0 saturated carbocycles. The molecule has 0 aliphatic carbocycles. The molecule has 0 bridgehead atoms. The van der Waals surface area contributed by atoms with Crippen molar-refractivity contribution < 1.29 is 9.18 Å². The highest BCUT2D eigenvalue weighted by Crippen LogP contribution is 2.29. The Balaban J connectivity index is 1.53. The summed E-state index contributed by atoms with van der Waals surface area (Å²) in [6, 6.07) is 12.4. The number of benzene rings is 2. The van der Waals surface area contributed by atoms with Gasteiger partial charge in [-0.05, 0) is 25.5 Å². The van der Waals surface area contributed by atoms with Gasteiger partial charge in [0.1, 0.15) is 11.3 Å². The first-order valence-electron chi connectivity index (χ1n) is 8.75. The second-order valence-corrected chi connectivity index (χ2v) is 8.52. The number of aromatic nitrogens is 4. The SMILES string of the molecule is Cc1nc2cc(F)cc(C(=O)Nc3nnc(SCc4ccccc4)s3)c2nc1C. The van der Waals surface area contributed by atoms with Crippen molar-refractivity contribution in [1.29, 1.82) is 0 Å². The van der Waals surface area contributed by atoms with Crippen LogP contribution in [0.15, 0.2) is 46.8 Å². The molecule has 0 aliphatic rings. The van der Waals surface area contributed by atoms with Crippen molar-refractivity contribution in [2.75, 3.05) is 5.32 Å². The van der Waals surface area contributed by atoms with Crippen LogP contribution in [0, 0.1) is 19.7 Å². The Kier molecular flexibility index (Phi) is 5.50. The molecule has 0 fully saturated rings. The smallest absolute Gasteiger partial charge is 0.259 e. The molecule has 0 spiro atoms. The number of hydrogen-bond donors (Lipinski definition) is 1. The fourth-order valence-corrected chi connectivity index (χ4v) is 4.38. The first-order chi connectivity index (χ1) is 14.0. The summed E-state index contributed by atoms with van der Waals surface area (Å²) in [5, 5.41) is 11.1. The van der Waals surface area contributed by atoms with Crippen LogP contribution < -0.4 is 5.32 Å². The summed E-state index contributed by atoms with van der Waals surface area (Å²) in [5.41, 5.74) is 3.37. The quantitative estimate of drug-likeness (QED) is 0.366. The number of fused-ring (bicyclic) bond motifs is 1. The number of rotatable bonds is 5. The second kappa shape index (κ2) is 8.22. The number of nitrogens with zero attached hydrogens (tertiary/aromatic N) is 4. The molecule has 0 saturated heterocycles. The Morgan fingerprint density at radius 3 is 2.66 bits per heavy atom. The van der Waals surface area contributed by atoms with E-state index in [0.29, 0.717) is 27.6 Å². The van der Waals surface area contributed by atoms with Crippen LogP contribution in [-0.2, 0) is 5.75 Å². The maximum atomic E-state index is 14.0. The third kappa shape index (κ3) is 4.41. The van der Waals surface area contributed by atoms with E-state index in [9.17, 15) is 9.18 Å². The summed E-state index contributed by atoms with van der Waals surface area (Å²) in [6.45, 7) is 3.59. The summed E-state index contributed by atoms with van der Waals surface area (Å²) in [4.78, 5) is 21.5. The Labute approximate surface area is 174 Å². The minimum Gasteiger partial charge on any atom is -0.296 e. The van der Waals surface area contributed by atoms with Gasteiger partial charge in [0.15, 0.2) is 4.34 Å². The zero-order valence-corrected chi connectivity index (χ0v) is 17.3. The van der Waals surface area contributed by atoms with Crippen LogP contribution in [0.2, 0.25) is 0 Å². The number of halogens is 1. The molecular formula is C20H16FN5OS2. The van der Waals surface area contributed by atoms with Crippen molar-refractivity contribution in [2.24, 2.45) is 0 Å². The van der Waals surface area contributed by atoms with Gasteiger partial charge < -0.3 is 0 Å². The monoisotopic (exact) mass is 425 g/mol. The molecule has 2 aromatic carbocycles. The van der Waals surface area contributed by atoms with Crippen LogP contribution in [0.4, 0.5) is 9.52 Å². The van der Waals surface area contributed by atoms with E-state index in [4.69, 9.17) is 0 Å². The number of nitrogens with one attached hydrogen (secondary N) is 1. The van der Waals surface area contributed by atoms with Gasteiger partial charge in [0.2, 0.25) is 5.13 Å². The maximum absolute atomic E-state index is 14.0. The Hall–Kier alpha value is -2.91. The summed E-state index contributed by atoms with van der Waals surface area (Å²) >= 11 is 2.81. The summed E-state index contributed by atoms with van der Waals surface area (Å²) < 4.78 is 14.8. The van der Waals surface area contributed by atoms with E-state index in [1.807, 2.05) is 30.3 Å². The lowest BCUT2D eigenvalue weighted by atomic mass is 10.1. The maximum Gasteiger partial charge on any atom is 0.259 e. The molecule has 0 radical (unpaired) electrons. The normalized spacial score (nSPS) is 11.0. The lowest BCUT2D eigenvalue weighted by Gasteiger charge is -2.08. The van der Waals surface area contributed by atoms with Crippen molar-refractivity contribution in [3.8, 4) is 0 Å². The molecule has 1 amide bonds. The third-order valence-corrected chi connectivity index (χ3v) is 6.27. The summed E-state index contributed by atoms with van der Waals surface area (Å²) in [7, 11) is 0. The predicted octanol–water partition coefficient (Wildman–Crippen LogP) is 4.78. The van der Waals surface area contributed by atoms with E-state index in [1.54, 1.807) is 13.8 Å². The van der Waals surface area contributed by atoms with E-state index < -0.39 is 11.7 Å². The Morgan fingerprint density at radius 1 is 1.10 bits per heavy atom. The van der Waals surface area contributed by atoms with Crippen LogP contribution in [0.25, 0.3) is 11.0 Å². The molecular weight excluding hydrogens is 409 g/mol. The number of amides is 1. The lowest BCUT2D eigenvalue weighted by molar-refractivity contribution is 0.102. The molecule has 4 aromatic rings. The van der Waals surface area contributed by atoms with Crippen LogP contribution >= 0.6 is 23.1 Å². The topological polar surface area (TPSA) is 80.7 Å². The van der Waals surface area contributed by atoms with Gasteiger partial charge in [-0.1, -0.05) is 53.4 Å². The van der Waals surface area contributed by atoms with Crippen LogP contribution in [0.1, 0.15) is 27.3 Å². The number of aryl methyl sites for hydroxylation is 2. The minimum absolute atomic E-state index is 0.115. The molecule has 29 heavy (non-hydrogen) atoms. The van der Waals surface area contributed by atoms with Crippen LogP contribution in [-0.4, -0.2) is 26.1 Å². The van der Waals surface area contributed by atoms with Crippen LogP contribution in [0.3, 0.4) is 0 Å². The van der Waals surface area contributed by atoms with Gasteiger partial charge in [0.25, 0.3) is 5.91 Å². The molecule has 2 heterocycles. The first-order valence-corrected chi connectivity index (χ1v) is 10.6. The van der Waals surface area contributed by atoms with Crippen LogP contribution in [0.5, 0.6) is 0 Å². The van der Waals surface area contributed by atoms with Crippen molar-refractivity contribution in [1.82, 2.24) is 20.2 Å². The van der Waals surface area contributed by atoms with E-state index in [-0.39, 0.29) is 5.56 Å². The van der Waals surface area contributed by atoms with Gasteiger partial charge in [0.05, 0.1) is 22.5 Å². The van der Waals surface area contributed by atoms with E-state index in [1.165, 1.54) is 34.7 Å². The van der Waals surface area contributed by atoms with E-state index in [2.05, 4.69) is 25.5 Å². The zero-order chi connectivity index (χ0) is 20.4. The Bertz CT molecular complexity index is 1200. The lowest BCUT2D eigenvalue weighted by Crippen LogP contribution is -2.14. The Morgan fingerprint density at radius 2 is 1.86 bits per heavy atom. The molecule has 1 N–H and O–H groups in total. The molecule has 2 aromatic heterocycles. The highest BCUT2D eigenvalue weighted by atomic mass is 32.2. The number of carbonyl (C=O) groups is 1. The zero-order valence-electron chi connectivity index (χ0n) is 15.6. The van der Waals surface area contributed by atoms with Gasteiger partial charge in [-0.15, -0.1) is 10.2 Å². The molecule has 9 heteroatoms. The largest absolute Gasteiger partial charge is 0.296 e. The number of carbonyl (C=O) groups excluding carboxylic acids is 1. The van der Waals surface area contributed by atoms with Crippen molar-refractivity contribution in [3.63, 3.8) is 0 Å². The minimum atomic E-state index is -0.545. The second-order valence-electron chi connectivity index (χ2n) is 6.32. The number of anilines is 1. The summed E-state index contributed by atoms with van der Waals surface area (Å²) in [6.07, 6.45) is 0. The molecule has 0 unspecified atom stereocenters. The standard InChI is InChI=1S/C20H16FN5OS2/c1-11-12(2)23-17-15(8-14(21)9-16(17)22-11)18(27)24-19-25-26-20(29-19)28-10-13-6-4-3-5-7-13/h3-9H,10H2,1-2H3,(H,24,25,27). The van der Waals surface area contributed by atoms with Crippen molar-refractivity contribution in [2.45, 2.75) is 23.9 Å². The number of thioether (sulfide) groups is 1. The fourth-order valence-electron chi connectivity index (χ4n) is 2.67. The van der Waals surface area contributed by atoms with Gasteiger partial charge >= 0.3 is 0 Å². The molecule has 146 valence electrons. The highest BCUT2D eigenvalue weighted by molar-refractivity contribution is 8.00. The van der Waals surface area contributed by atoms with Crippen molar-refractivity contribution >= 4 is 45.2 Å². The van der Waals surface area contributed by atoms with Gasteiger partial charge in [-0.2, -0.15) is 0 Å². The summed E-state index contributed by atoms with van der Waals surface area (Å²) in [5.74, 6) is -0.286. The van der Waals surface area contributed by atoms with Gasteiger partial charge in [-0.25, -0.2) is 14.4 Å². The average Bonchev–Trinajstić information content (AvgIpc) is 3.15. The first kappa shape index (κ1) is 19.4. The van der Waals surface area contributed by atoms with Gasteiger partial charge in [0, 0.05) is 11.8 Å². The highest BCUT2D eigenvalue weighted by Gasteiger charge is 2.17. The molecule has 0 aliphatic heterocycles. The van der Waals surface area contributed by atoms with E-state index in [0.717, 1.165) is 16.2 Å². The van der Waals surface area contributed by atoms with E-state index >= 15 is 0 Å². The predicted molar refractivity (Wildman–Crippen MR) is 113 cm³/mol. The van der Waals surface area contributed by atoms with Gasteiger partial charge in [-0.3, -0.25) is 10.1 Å². The average molecular weight is 426 g/mol. The number of hydrogen-bond acceptors (Lipinski definition) is 7. The molecule has 0 atom stereocenters.